The van der Waals surface area contributed by atoms with Gasteiger partial charge in [-0.05, 0) is 49.9 Å². The van der Waals surface area contributed by atoms with Crippen molar-refractivity contribution in [1.82, 2.24) is 15.2 Å². The van der Waals surface area contributed by atoms with Crippen LogP contribution in [-0.2, 0) is 6.54 Å². The number of hydrogen-bond acceptors (Lipinski definition) is 3. The van der Waals surface area contributed by atoms with E-state index in [9.17, 15) is 0 Å². The molecular weight excluding hydrogens is 258 g/mol. The van der Waals surface area contributed by atoms with E-state index in [1.807, 2.05) is 12.3 Å². The second-order valence-electron chi connectivity index (χ2n) is 6.01. The van der Waals surface area contributed by atoms with Gasteiger partial charge >= 0.3 is 0 Å². The average molecular weight is 291 g/mol. The molecule has 0 aliphatic carbocycles. The van der Waals surface area contributed by atoms with Gasteiger partial charge in [0, 0.05) is 25.8 Å². The van der Waals surface area contributed by atoms with Gasteiger partial charge in [0.25, 0.3) is 0 Å². The summed E-state index contributed by atoms with van der Waals surface area (Å²) in [4.78, 5) is 7.00. The molecule has 1 rings (SSSR count). The van der Waals surface area contributed by atoms with Crippen LogP contribution in [0.15, 0.2) is 24.4 Å². The first-order valence-corrected chi connectivity index (χ1v) is 8.52. The van der Waals surface area contributed by atoms with Gasteiger partial charge in [-0.25, -0.2) is 0 Å². The Hall–Kier alpha value is -0.930. The van der Waals surface area contributed by atoms with Gasteiger partial charge in [-0.15, -0.1) is 0 Å². The van der Waals surface area contributed by atoms with Crippen LogP contribution in [0.5, 0.6) is 0 Å². The summed E-state index contributed by atoms with van der Waals surface area (Å²) in [7, 11) is 0. The fourth-order valence-electron chi connectivity index (χ4n) is 2.78. The smallest absolute Gasteiger partial charge is 0.0543 e. The molecule has 1 heterocycles. The molecule has 0 fully saturated rings. The predicted octanol–water partition coefficient (Wildman–Crippen LogP) is 3.71. The molecule has 0 amide bonds. The lowest BCUT2D eigenvalue weighted by molar-refractivity contribution is 0.132. The zero-order valence-electron chi connectivity index (χ0n) is 14.4. The predicted molar refractivity (Wildman–Crippen MR) is 91.4 cm³/mol. The first kappa shape index (κ1) is 18.1. The molecule has 0 unspecified atom stereocenters. The van der Waals surface area contributed by atoms with Crippen molar-refractivity contribution in [2.45, 2.75) is 53.5 Å². The van der Waals surface area contributed by atoms with Crippen molar-refractivity contribution in [1.29, 1.82) is 0 Å². The number of nitrogens with one attached hydrogen (secondary N) is 1. The molecule has 0 saturated carbocycles. The average Bonchev–Trinajstić information content (AvgIpc) is 2.54. The lowest BCUT2D eigenvalue weighted by Gasteiger charge is -2.37. The van der Waals surface area contributed by atoms with Crippen LogP contribution in [-0.4, -0.2) is 36.1 Å². The monoisotopic (exact) mass is 291 g/mol. The Morgan fingerprint density at radius 1 is 1.14 bits per heavy atom. The third-order valence-corrected chi connectivity index (χ3v) is 4.54. The summed E-state index contributed by atoms with van der Waals surface area (Å²) in [6.07, 6.45) is 5.53. The Morgan fingerprint density at radius 3 is 2.43 bits per heavy atom. The van der Waals surface area contributed by atoms with Crippen LogP contribution in [0.1, 0.15) is 52.7 Å². The van der Waals surface area contributed by atoms with Crippen LogP contribution < -0.4 is 5.32 Å². The molecule has 0 saturated heterocycles. The summed E-state index contributed by atoms with van der Waals surface area (Å²) < 4.78 is 0. The summed E-state index contributed by atoms with van der Waals surface area (Å²) in [5.74, 6) is 0. The summed E-state index contributed by atoms with van der Waals surface area (Å²) in [6.45, 7) is 14.5. The highest BCUT2D eigenvalue weighted by Gasteiger charge is 2.28. The summed E-state index contributed by atoms with van der Waals surface area (Å²) in [5.41, 5.74) is 1.54. The zero-order chi connectivity index (χ0) is 15.6. The number of aromatic nitrogens is 1. The third kappa shape index (κ3) is 6.15. The third-order valence-electron chi connectivity index (χ3n) is 4.54. The van der Waals surface area contributed by atoms with E-state index in [1.165, 1.54) is 25.0 Å². The highest BCUT2D eigenvalue weighted by atomic mass is 15.1. The van der Waals surface area contributed by atoms with Crippen molar-refractivity contribution >= 4 is 0 Å². The van der Waals surface area contributed by atoms with Crippen LogP contribution in [0.4, 0.5) is 0 Å². The fraction of sp³-hybridized carbons (Fsp3) is 0.722. The van der Waals surface area contributed by atoms with E-state index in [4.69, 9.17) is 0 Å². The maximum absolute atomic E-state index is 4.47. The minimum Gasteiger partial charge on any atom is -0.316 e. The molecule has 0 aliphatic rings. The first-order chi connectivity index (χ1) is 10.2. The molecule has 0 spiro atoms. The van der Waals surface area contributed by atoms with E-state index >= 15 is 0 Å². The summed E-state index contributed by atoms with van der Waals surface area (Å²) in [6, 6.07) is 6.18. The number of nitrogens with zero attached hydrogens (tertiary/aromatic N) is 2. The SMILES string of the molecule is CCCNCC(CC)(CC)CN(CC)Cc1ccccn1. The van der Waals surface area contributed by atoms with E-state index in [-0.39, 0.29) is 0 Å². The van der Waals surface area contributed by atoms with E-state index in [2.05, 4.69) is 55.0 Å². The second-order valence-corrected chi connectivity index (χ2v) is 6.01. The van der Waals surface area contributed by atoms with Crippen LogP contribution >= 0.6 is 0 Å². The molecule has 120 valence electrons. The van der Waals surface area contributed by atoms with Crippen LogP contribution in [0, 0.1) is 5.41 Å². The largest absolute Gasteiger partial charge is 0.316 e. The van der Waals surface area contributed by atoms with Crippen molar-refractivity contribution in [3.63, 3.8) is 0 Å². The second kappa shape index (κ2) is 9.91. The topological polar surface area (TPSA) is 28.2 Å². The Labute approximate surface area is 131 Å². The van der Waals surface area contributed by atoms with E-state index in [0.717, 1.165) is 32.7 Å². The minimum atomic E-state index is 0.375. The Morgan fingerprint density at radius 2 is 1.90 bits per heavy atom. The van der Waals surface area contributed by atoms with Gasteiger partial charge in [-0.2, -0.15) is 0 Å². The quantitative estimate of drug-likeness (QED) is 0.630. The van der Waals surface area contributed by atoms with E-state index in [0.29, 0.717) is 5.41 Å². The van der Waals surface area contributed by atoms with E-state index in [1.54, 1.807) is 0 Å². The van der Waals surface area contributed by atoms with Gasteiger partial charge in [0.05, 0.1) is 5.69 Å². The summed E-state index contributed by atoms with van der Waals surface area (Å²) >= 11 is 0. The highest BCUT2D eigenvalue weighted by Crippen LogP contribution is 2.27. The number of pyridine rings is 1. The van der Waals surface area contributed by atoms with Crippen LogP contribution in [0.2, 0.25) is 0 Å². The molecule has 0 radical (unpaired) electrons. The highest BCUT2D eigenvalue weighted by molar-refractivity contribution is 5.03. The molecule has 1 aromatic heterocycles. The van der Waals surface area contributed by atoms with Crippen LogP contribution in [0.25, 0.3) is 0 Å². The molecule has 1 aromatic rings. The maximum Gasteiger partial charge on any atom is 0.0543 e. The molecule has 0 aliphatic heterocycles. The van der Waals surface area contributed by atoms with Crippen molar-refractivity contribution < 1.29 is 0 Å². The first-order valence-electron chi connectivity index (χ1n) is 8.52. The number of hydrogen-bond donors (Lipinski definition) is 1. The Balaban J connectivity index is 2.65. The van der Waals surface area contributed by atoms with Gasteiger partial charge in [0.15, 0.2) is 0 Å². The lowest BCUT2D eigenvalue weighted by Crippen LogP contribution is -2.43. The van der Waals surface area contributed by atoms with E-state index < -0.39 is 0 Å². The van der Waals surface area contributed by atoms with Gasteiger partial charge in [0.1, 0.15) is 0 Å². The van der Waals surface area contributed by atoms with Crippen molar-refractivity contribution in [2.24, 2.45) is 5.41 Å². The fourth-order valence-corrected chi connectivity index (χ4v) is 2.78. The lowest BCUT2D eigenvalue weighted by atomic mass is 9.81. The van der Waals surface area contributed by atoms with Gasteiger partial charge in [-0.1, -0.05) is 33.8 Å². The molecule has 0 aromatic carbocycles. The Bertz CT molecular complexity index is 360. The molecule has 0 atom stereocenters. The maximum atomic E-state index is 4.47. The van der Waals surface area contributed by atoms with Gasteiger partial charge in [0.2, 0.25) is 0 Å². The van der Waals surface area contributed by atoms with Gasteiger partial charge in [-0.3, -0.25) is 9.88 Å². The number of rotatable bonds is 11. The summed E-state index contributed by atoms with van der Waals surface area (Å²) in [5, 5.41) is 3.63. The van der Waals surface area contributed by atoms with Crippen LogP contribution in [0.3, 0.4) is 0 Å². The molecule has 3 nitrogen and oxygen atoms in total. The van der Waals surface area contributed by atoms with Crippen molar-refractivity contribution in [3.8, 4) is 0 Å². The van der Waals surface area contributed by atoms with Gasteiger partial charge < -0.3 is 5.32 Å². The van der Waals surface area contributed by atoms with Crippen molar-refractivity contribution in [2.75, 3.05) is 26.2 Å². The molecular formula is C18H33N3. The normalized spacial score (nSPS) is 12.0. The molecule has 21 heavy (non-hydrogen) atoms. The minimum absolute atomic E-state index is 0.375. The standard InChI is InChI=1S/C18H33N3/c1-5-12-19-15-18(6-2,7-3)16-21(8-4)14-17-11-9-10-13-20-17/h9-11,13,19H,5-8,12,14-16H2,1-4H3. The zero-order valence-corrected chi connectivity index (χ0v) is 14.4. The van der Waals surface area contributed by atoms with Crippen molar-refractivity contribution in [3.05, 3.63) is 30.1 Å². The molecule has 0 bridgehead atoms. The molecule has 3 heteroatoms. The molecule has 1 N–H and O–H groups in total. The Kier molecular flexibility index (Phi) is 8.55.